The minimum Gasteiger partial charge on any atom is -0.480 e. The number of aliphatic carboxylic acids is 1. The van der Waals surface area contributed by atoms with Crippen LogP contribution in [0, 0.1) is 0 Å². The molecule has 0 aliphatic rings. The van der Waals surface area contributed by atoms with Gasteiger partial charge in [-0.15, -0.1) is 0 Å². The van der Waals surface area contributed by atoms with Crippen molar-refractivity contribution in [2.45, 2.75) is 33.7 Å². The van der Waals surface area contributed by atoms with E-state index in [4.69, 9.17) is 5.11 Å². The largest absolute Gasteiger partial charge is 0.480 e. The van der Waals surface area contributed by atoms with Gasteiger partial charge < -0.3 is 20.2 Å². The van der Waals surface area contributed by atoms with Gasteiger partial charge in [-0.05, 0) is 26.9 Å². The lowest BCUT2D eigenvalue weighted by molar-refractivity contribution is -0.138. The molecule has 0 bridgehead atoms. The summed E-state index contributed by atoms with van der Waals surface area (Å²) in [5.41, 5.74) is 0. The Morgan fingerprint density at radius 2 is 1.78 bits per heavy atom. The van der Waals surface area contributed by atoms with Crippen LogP contribution in [0.15, 0.2) is 0 Å². The number of amides is 2. The summed E-state index contributed by atoms with van der Waals surface area (Å²) < 4.78 is 0. The molecule has 0 aromatic rings. The molecule has 2 N–H and O–H groups in total. The van der Waals surface area contributed by atoms with Gasteiger partial charge in [0.1, 0.15) is 6.54 Å². The SMILES string of the molecule is CCN(CC)CCNC(=O)N(CC(=O)O)C(C)C. The molecular formula is C12H25N3O3. The number of carboxylic acids is 1. The van der Waals surface area contributed by atoms with Crippen molar-refractivity contribution >= 4 is 12.0 Å². The number of hydrogen-bond donors (Lipinski definition) is 2. The Morgan fingerprint density at radius 3 is 2.17 bits per heavy atom. The molecule has 0 unspecified atom stereocenters. The molecule has 18 heavy (non-hydrogen) atoms. The van der Waals surface area contributed by atoms with E-state index in [2.05, 4.69) is 24.1 Å². The third kappa shape index (κ3) is 6.44. The molecule has 0 heterocycles. The number of urea groups is 1. The van der Waals surface area contributed by atoms with Crippen molar-refractivity contribution in [2.75, 3.05) is 32.7 Å². The predicted molar refractivity (Wildman–Crippen MR) is 70.7 cm³/mol. The quantitative estimate of drug-likeness (QED) is 0.677. The van der Waals surface area contributed by atoms with Crippen molar-refractivity contribution in [3.05, 3.63) is 0 Å². The summed E-state index contributed by atoms with van der Waals surface area (Å²) in [5, 5.41) is 11.5. The van der Waals surface area contributed by atoms with Crippen molar-refractivity contribution in [2.24, 2.45) is 0 Å². The zero-order valence-electron chi connectivity index (χ0n) is 11.8. The van der Waals surface area contributed by atoms with Gasteiger partial charge in [0.05, 0.1) is 0 Å². The summed E-state index contributed by atoms with van der Waals surface area (Å²) in [6, 6.07) is -0.450. The first-order valence-electron chi connectivity index (χ1n) is 6.40. The molecule has 0 saturated carbocycles. The molecule has 0 aliphatic carbocycles. The van der Waals surface area contributed by atoms with Crippen LogP contribution in [0.25, 0.3) is 0 Å². The average Bonchev–Trinajstić information content (AvgIpc) is 2.30. The molecule has 0 aromatic heterocycles. The first-order chi connectivity index (χ1) is 8.42. The maximum Gasteiger partial charge on any atom is 0.323 e. The smallest absolute Gasteiger partial charge is 0.323 e. The lowest BCUT2D eigenvalue weighted by Crippen LogP contribution is -2.48. The fourth-order valence-corrected chi connectivity index (χ4v) is 1.60. The summed E-state index contributed by atoms with van der Waals surface area (Å²) in [7, 11) is 0. The van der Waals surface area contributed by atoms with E-state index in [-0.39, 0.29) is 18.6 Å². The molecule has 0 atom stereocenters. The van der Waals surface area contributed by atoms with E-state index in [0.29, 0.717) is 6.54 Å². The first kappa shape index (κ1) is 16.7. The first-order valence-corrected chi connectivity index (χ1v) is 6.40. The third-order valence-corrected chi connectivity index (χ3v) is 2.79. The number of carbonyl (C=O) groups excluding carboxylic acids is 1. The zero-order valence-corrected chi connectivity index (χ0v) is 11.8. The van der Waals surface area contributed by atoms with Crippen LogP contribution in [0.1, 0.15) is 27.7 Å². The summed E-state index contributed by atoms with van der Waals surface area (Å²) in [6.07, 6.45) is 0. The number of nitrogens with one attached hydrogen (secondary N) is 1. The average molecular weight is 259 g/mol. The molecule has 0 fully saturated rings. The monoisotopic (exact) mass is 259 g/mol. The van der Waals surface area contributed by atoms with Crippen LogP contribution in [0.5, 0.6) is 0 Å². The molecule has 6 nitrogen and oxygen atoms in total. The fraction of sp³-hybridized carbons (Fsp3) is 0.833. The normalized spacial score (nSPS) is 10.8. The molecule has 106 valence electrons. The highest BCUT2D eigenvalue weighted by atomic mass is 16.4. The van der Waals surface area contributed by atoms with Crippen molar-refractivity contribution in [3.8, 4) is 0 Å². The van der Waals surface area contributed by atoms with Gasteiger partial charge in [0.25, 0.3) is 0 Å². The van der Waals surface area contributed by atoms with E-state index in [1.54, 1.807) is 13.8 Å². The summed E-state index contributed by atoms with van der Waals surface area (Å²) in [5.74, 6) is -0.998. The van der Waals surface area contributed by atoms with Gasteiger partial charge in [-0.25, -0.2) is 4.79 Å². The van der Waals surface area contributed by atoms with Gasteiger partial charge in [0, 0.05) is 19.1 Å². The van der Waals surface area contributed by atoms with E-state index >= 15 is 0 Å². The fourth-order valence-electron chi connectivity index (χ4n) is 1.60. The second kappa shape index (κ2) is 8.74. The van der Waals surface area contributed by atoms with Crippen LogP contribution < -0.4 is 5.32 Å². The number of hydrogen-bond acceptors (Lipinski definition) is 3. The zero-order chi connectivity index (χ0) is 14.1. The summed E-state index contributed by atoms with van der Waals surface area (Å²) in [4.78, 5) is 26.0. The summed E-state index contributed by atoms with van der Waals surface area (Å²) in [6.45, 7) is 10.6. The Kier molecular flexibility index (Phi) is 8.11. The minimum absolute atomic E-state index is 0.130. The van der Waals surface area contributed by atoms with E-state index in [1.807, 2.05) is 0 Å². The number of nitrogens with zero attached hydrogens (tertiary/aromatic N) is 2. The highest BCUT2D eigenvalue weighted by Crippen LogP contribution is 1.98. The number of likely N-dealkylation sites (N-methyl/N-ethyl adjacent to an activating group) is 1. The van der Waals surface area contributed by atoms with E-state index in [9.17, 15) is 9.59 Å². The number of carbonyl (C=O) groups is 2. The van der Waals surface area contributed by atoms with Crippen LogP contribution in [-0.4, -0.2) is 65.7 Å². The molecule has 6 heteroatoms. The molecule has 0 radical (unpaired) electrons. The second-order valence-electron chi connectivity index (χ2n) is 4.37. The lowest BCUT2D eigenvalue weighted by Gasteiger charge is -2.26. The Labute approximate surface area is 109 Å². The molecular weight excluding hydrogens is 234 g/mol. The molecule has 0 aromatic carbocycles. The van der Waals surface area contributed by atoms with E-state index in [0.717, 1.165) is 19.6 Å². The summed E-state index contributed by atoms with van der Waals surface area (Å²) >= 11 is 0. The number of carboxylic acid groups (broad SMARTS) is 1. The van der Waals surface area contributed by atoms with Gasteiger partial charge >= 0.3 is 12.0 Å². The van der Waals surface area contributed by atoms with Crippen LogP contribution in [0.3, 0.4) is 0 Å². The highest BCUT2D eigenvalue weighted by molar-refractivity contribution is 5.80. The van der Waals surface area contributed by atoms with Gasteiger partial charge in [-0.1, -0.05) is 13.8 Å². The van der Waals surface area contributed by atoms with Crippen molar-refractivity contribution in [3.63, 3.8) is 0 Å². The Bertz CT molecular complexity index is 265. The predicted octanol–water partition coefficient (Wildman–Crippen LogP) is 0.833. The van der Waals surface area contributed by atoms with Gasteiger partial charge in [-0.3, -0.25) is 4.79 Å². The van der Waals surface area contributed by atoms with Crippen LogP contribution in [0.2, 0.25) is 0 Å². The van der Waals surface area contributed by atoms with Crippen molar-refractivity contribution < 1.29 is 14.7 Å². The topological polar surface area (TPSA) is 72.9 Å². The standard InChI is InChI=1S/C12H25N3O3/c1-5-14(6-2)8-7-13-12(18)15(10(3)4)9-11(16)17/h10H,5-9H2,1-4H3,(H,13,18)(H,16,17). The van der Waals surface area contributed by atoms with Gasteiger partial charge in [0.2, 0.25) is 0 Å². The van der Waals surface area contributed by atoms with Crippen LogP contribution >= 0.6 is 0 Å². The Hall–Kier alpha value is -1.30. The van der Waals surface area contributed by atoms with Gasteiger partial charge in [-0.2, -0.15) is 0 Å². The molecule has 0 aliphatic heterocycles. The highest BCUT2D eigenvalue weighted by Gasteiger charge is 2.19. The van der Waals surface area contributed by atoms with E-state index in [1.165, 1.54) is 4.90 Å². The second-order valence-corrected chi connectivity index (χ2v) is 4.37. The maximum atomic E-state index is 11.8. The van der Waals surface area contributed by atoms with Crippen LogP contribution in [-0.2, 0) is 4.79 Å². The van der Waals surface area contributed by atoms with Crippen molar-refractivity contribution in [1.82, 2.24) is 15.1 Å². The van der Waals surface area contributed by atoms with E-state index < -0.39 is 5.97 Å². The van der Waals surface area contributed by atoms with Crippen molar-refractivity contribution in [1.29, 1.82) is 0 Å². The molecule has 2 amide bonds. The Morgan fingerprint density at radius 1 is 1.22 bits per heavy atom. The van der Waals surface area contributed by atoms with Gasteiger partial charge in [0.15, 0.2) is 0 Å². The van der Waals surface area contributed by atoms with Crippen LogP contribution in [0.4, 0.5) is 4.79 Å². The maximum absolute atomic E-state index is 11.8. The third-order valence-electron chi connectivity index (χ3n) is 2.79. The minimum atomic E-state index is -0.998. The molecule has 0 rings (SSSR count). The lowest BCUT2D eigenvalue weighted by atomic mass is 10.3. The number of rotatable bonds is 8. The molecule has 0 saturated heterocycles. The molecule has 0 spiro atoms. The Balaban J connectivity index is 4.14.